The molecule has 22 heavy (non-hydrogen) atoms. The average molecular weight is 307 g/mol. The fourth-order valence-electron chi connectivity index (χ4n) is 2.40. The Morgan fingerprint density at radius 1 is 1.55 bits per heavy atom. The van der Waals surface area contributed by atoms with Gasteiger partial charge < -0.3 is 9.84 Å². The minimum Gasteiger partial charge on any atom is -0.496 e. The first-order valence-electron chi connectivity index (χ1n) is 6.66. The molecule has 6 nitrogen and oxygen atoms in total. The van der Waals surface area contributed by atoms with Gasteiger partial charge in [-0.15, -0.1) is 0 Å². The number of aryl methyl sites for hydroxylation is 1. The highest BCUT2D eigenvalue weighted by Gasteiger charge is 2.28. The molecule has 2 aromatic rings. The monoisotopic (exact) mass is 307 g/mol. The van der Waals surface area contributed by atoms with Crippen molar-refractivity contribution in [2.45, 2.75) is 12.6 Å². The van der Waals surface area contributed by atoms with Crippen LogP contribution < -0.4 is 4.74 Å². The summed E-state index contributed by atoms with van der Waals surface area (Å²) >= 11 is 0. The van der Waals surface area contributed by atoms with Gasteiger partial charge >= 0.3 is 5.97 Å². The van der Waals surface area contributed by atoms with E-state index in [1.165, 1.54) is 25.3 Å². The average Bonchev–Trinajstić information content (AvgIpc) is 2.85. The van der Waals surface area contributed by atoms with Gasteiger partial charge in [-0.2, -0.15) is 5.10 Å². The van der Waals surface area contributed by atoms with Gasteiger partial charge in [0.2, 0.25) is 0 Å². The third-order valence-electron chi connectivity index (χ3n) is 3.36. The quantitative estimate of drug-likeness (QED) is 0.882. The van der Waals surface area contributed by atoms with E-state index in [1.807, 2.05) is 6.20 Å². The van der Waals surface area contributed by atoms with Crippen LogP contribution in [0.4, 0.5) is 4.39 Å². The highest BCUT2D eigenvalue weighted by atomic mass is 19.1. The molecule has 0 saturated carbocycles. The topological polar surface area (TPSA) is 67.6 Å². The van der Waals surface area contributed by atoms with Crippen molar-refractivity contribution in [2.24, 2.45) is 7.05 Å². The van der Waals surface area contributed by atoms with Crippen LogP contribution in [-0.2, 0) is 18.4 Å². The first kappa shape index (κ1) is 16.0. The number of carboxylic acid groups (broad SMARTS) is 1. The normalized spacial score (nSPS) is 12.4. The molecule has 1 N–H and O–H groups in total. The lowest BCUT2D eigenvalue weighted by atomic mass is 10.0. The van der Waals surface area contributed by atoms with Crippen molar-refractivity contribution in [3.05, 3.63) is 47.5 Å². The van der Waals surface area contributed by atoms with Crippen LogP contribution >= 0.6 is 0 Å². The molecular formula is C15H18FN3O3. The minimum atomic E-state index is -1.03. The van der Waals surface area contributed by atoms with Gasteiger partial charge in [-0.1, -0.05) is 6.07 Å². The first-order chi connectivity index (χ1) is 10.4. The number of likely N-dealkylation sites (N-methyl/N-ethyl adjacent to an activating group) is 1. The van der Waals surface area contributed by atoms with Gasteiger partial charge in [0.25, 0.3) is 0 Å². The predicted octanol–water partition coefficient (Wildman–Crippen LogP) is 1.83. The maximum atomic E-state index is 13.3. The van der Waals surface area contributed by atoms with E-state index in [0.717, 1.165) is 5.56 Å². The van der Waals surface area contributed by atoms with E-state index in [9.17, 15) is 14.3 Å². The number of methoxy groups -OCH3 is 1. The van der Waals surface area contributed by atoms with Gasteiger partial charge in [-0.3, -0.25) is 14.4 Å². The summed E-state index contributed by atoms with van der Waals surface area (Å²) in [6, 6.07) is 2.90. The molecule has 0 amide bonds. The number of carbonyl (C=O) groups is 1. The van der Waals surface area contributed by atoms with Crippen LogP contribution in [0.1, 0.15) is 17.2 Å². The molecule has 0 bridgehead atoms. The van der Waals surface area contributed by atoms with E-state index in [0.29, 0.717) is 12.1 Å². The van der Waals surface area contributed by atoms with E-state index >= 15 is 0 Å². The molecule has 1 atom stereocenters. The third-order valence-corrected chi connectivity index (χ3v) is 3.36. The van der Waals surface area contributed by atoms with Gasteiger partial charge in [-0.25, -0.2) is 4.39 Å². The van der Waals surface area contributed by atoms with Crippen LogP contribution in [0.3, 0.4) is 0 Å². The predicted molar refractivity (Wildman–Crippen MR) is 78.0 cm³/mol. The van der Waals surface area contributed by atoms with Crippen LogP contribution in [0, 0.1) is 5.82 Å². The zero-order valence-corrected chi connectivity index (χ0v) is 12.7. The van der Waals surface area contributed by atoms with Gasteiger partial charge in [0, 0.05) is 37.0 Å². The molecule has 0 spiro atoms. The molecular weight excluding hydrogens is 289 g/mol. The number of halogens is 1. The Balaban J connectivity index is 2.31. The Kier molecular flexibility index (Phi) is 4.77. The number of hydrogen-bond acceptors (Lipinski definition) is 4. The second kappa shape index (κ2) is 6.57. The smallest absolute Gasteiger partial charge is 0.325 e. The van der Waals surface area contributed by atoms with Gasteiger partial charge in [0.05, 0.1) is 13.3 Å². The van der Waals surface area contributed by atoms with E-state index in [-0.39, 0.29) is 5.75 Å². The van der Waals surface area contributed by atoms with Crippen molar-refractivity contribution in [1.82, 2.24) is 14.7 Å². The molecule has 1 heterocycles. The number of aliphatic carboxylic acids is 1. The minimum absolute atomic E-state index is 0.213. The largest absolute Gasteiger partial charge is 0.496 e. The molecule has 1 aromatic carbocycles. The van der Waals surface area contributed by atoms with Gasteiger partial charge in [0.15, 0.2) is 0 Å². The van der Waals surface area contributed by atoms with Crippen molar-refractivity contribution in [2.75, 3.05) is 14.2 Å². The number of nitrogens with zero attached hydrogens (tertiary/aromatic N) is 3. The highest BCUT2D eigenvalue weighted by molar-refractivity contribution is 5.76. The molecule has 2 rings (SSSR count). The Bertz CT molecular complexity index is 672. The first-order valence-corrected chi connectivity index (χ1v) is 6.66. The molecule has 7 heteroatoms. The number of benzene rings is 1. The molecule has 0 radical (unpaired) electrons. The van der Waals surface area contributed by atoms with Gasteiger partial charge in [-0.05, 0) is 13.1 Å². The highest BCUT2D eigenvalue weighted by Crippen LogP contribution is 2.30. The molecule has 0 aliphatic heterocycles. The zero-order valence-electron chi connectivity index (χ0n) is 12.7. The van der Waals surface area contributed by atoms with Crippen LogP contribution in [0.15, 0.2) is 30.6 Å². The number of aromatic nitrogens is 2. The van der Waals surface area contributed by atoms with Crippen molar-refractivity contribution < 1.29 is 19.0 Å². The molecule has 0 aliphatic rings. The van der Waals surface area contributed by atoms with E-state index in [2.05, 4.69) is 5.10 Å². The fraction of sp³-hybridized carbons (Fsp3) is 0.333. The summed E-state index contributed by atoms with van der Waals surface area (Å²) in [5, 5.41) is 13.6. The van der Waals surface area contributed by atoms with E-state index in [1.54, 1.807) is 29.9 Å². The van der Waals surface area contributed by atoms with Crippen molar-refractivity contribution in [1.29, 1.82) is 0 Å². The fourth-order valence-corrected chi connectivity index (χ4v) is 2.40. The standard InChI is InChI=1S/C15H18FN3O3/c1-18(8-10-7-17-19(2)9-10)14(15(20)21)12-5-4-11(16)6-13(12)22-3/h4-7,9,14H,8H2,1-3H3,(H,20,21)/t14-/m0/s1. The zero-order chi connectivity index (χ0) is 16.3. The van der Waals surface area contributed by atoms with E-state index in [4.69, 9.17) is 4.74 Å². The summed E-state index contributed by atoms with van der Waals surface area (Å²) in [4.78, 5) is 13.3. The molecule has 0 unspecified atom stereocenters. The molecule has 0 aliphatic carbocycles. The third kappa shape index (κ3) is 3.43. The summed E-state index contributed by atoms with van der Waals surface area (Å²) in [7, 11) is 4.87. The second-order valence-electron chi connectivity index (χ2n) is 5.06. The van der Waals surface area contributed by atoms with Gasteiger partial charge in [0.1, 0.15) is 17.6 Å². The number of rotatable bonds is 6. The van der Waals surface area contributed by atoms with Crippen molar-refractivity contribution in [3.63, 3.8) is 0 Å². The number of ether oxygens (including phenoxy) is 1. The Hall–Kier alpha value is -2.41. The molecule has 118 valence electrons. The van der Waals surface area contributed by atoms with E-state index < -0.39 is 17.8 Å². The lowest BCUT2D eigenvalue weighted by Crippen LogP contribution is -2.30. The van der Waals surface area contributed by atoms with Crippen LogP contribution in [0.5, 0.6) is 5.75 Å². The summed E-state index contributed by atoms with van der Waals surface area (Å²) in [6.45, 7) is 0.394. The van der Waals surface area contributed by atoms with Crippen molar-refractivity contribution >= 4 is 5.97 Å². The number of carboxylic acids is 1. The summed E-state index contributed by atoms with van der Waals surface area (Å²) in [5.41, 5.74) is 1.29. The Labute approximate surface area is 127 Å². The summed E-state index contributed by atoms with van der Waals surface area (Å²) in [5.74, 6) is -1.29. The SMILES string of the molecule is COc1cc(F)ccc1[C@@H](C(=O)O)N(C)Cc1cnn(C)c1. The maximum Gasteiger partial charge on any atom is 0.325 e. The second-order valence-corrected chi connectivity index (χ2v) is 5.06. The Morgan fingerprint density at radius 2 is 2.27 bits per heavy atom. The van der Waals surface area contributed by atoms with Crippen molar-refractivity contribution in [3.8, 4) is 5.75 Å². The Morgan fingerprint density at radius 3 is 2.82 bits per heavy atom. The lowest BCUT2D eigenvalue weighted by Gasteiger charge is -2.25. The lowest BCUT2D eigenvalue weighted by molar-refractivity contribution is -0.143. The van der Waals surface area contributed by atoms with Crippen LogP contribution in [0.25, 0.3) is 0 Å². The number of hydrogen-bond donors (Lipinski definition) is 1. The molecule has 1 aromatic heterocycles. The summed E-state index contributed by atoms with van der Waals surface area (Å²) < 4.78 is 20.1. The van der Waals surface area contributed by atoms with Crippen LogP contribution in [0.2, 0.25) is 0 Å². The molecule has 0 fully saturated rings. The van der Waals surface area contributed by atoms with Crippen LogP contribution in [-0.4, -0.2) is 39.9 Å². The molecule has 0 saturated heterocycles. The maximum absolute atomic E-state index is 13.3. The summed E-state index contributed by atoms with van der Waals surface area (Å²) in [6.07, 6.45) is 3.49.